The first-order valence-electron chi connectivity index (χ1n) is 11.7. The van der Waals surface area contributed by atoms with Crippen LogP contribution in [0.15, 0.2) is 57.2 Å². The van der Waals surface area contributed by atoms with Crippen LogP contribution in [-0.4, -0.2) is 61.2 Å². The van der Waals surface area contributed by atoms with Crippen LogP contribution in [0.1, 0.15) is 27.3 Å². The number of nitrogens with zero attached hydrogens (tertiary/aromatic N) is 7. The number of benzene rings is 2. The number of methoxy groups -OCH3 is 1. The van der Waals surface area contributed by atoms with Gasteiger partial charge in [-0.1, -0.05) is 28.7 Å². The zero-order valence-corrected chi connectivity index (χ0v) is 22.6. The number of nitrogens with two attached hydrogens (primary N) is 1. The van der Waals surface area contributed by atoms with Crippen molar-refractivity contribution in [2.45, 2.75) is 12.4 Å². The standard InChI is InChI=1S/C24H22FN9O4S2/c1-36-19-7-2-14(10-15(19)13-40-24-27-8-9-39-24)11-28-30-23(35)20-18(12-37-17-5-3-16(25)4-6-17)34(33-29-20)22-21(26)31-38-32-22/h2-7,10-11H,8-9,12-13H2,1H3,(H2,26,31)(H,30,35). The van der Waals surface area contributed by atoms with Crippen LogP contribution in [0.25, 0.3) is 5.82 Å². The van der Waals surface area contributed by atoms with Gasteiger partial charge in [0.15, 0.2) is 5.69 Å². The molecule has 3 heterocycles. The molecule has 40 heavy (non-hydrogen) atoms. The molecule has 0 spiro atoms. The molecule has 0 aliphatic carbocycles. The summed E-state index contributed by atoms with van der Waals surface area (Å²) in [6.07, 6.45) is 1.51. The van der Waals surface area contributed by atoms with Gasteiger partial charge in [-0.2, -0.15) is 9.78 Å². The van der Waals surface area contributed by atoms with E-state index in [-0.39, 0.29) is 29.6 Å². The highest BCUT2D eigenvalue weighted by Crippen LogP contribution is 2.29. The number of ether oxygens (including phenoxy) is 2. The summed E-state index contributed by atoms with van der Waals surface area (Å²) in [7, 11) is 1.62. The molecular weight excluding hydrogens is 561 g/mol. The van der Waals surface area contributed by atoms with Crippen molar-refractivity contribution in [1.29, 1.82) is 0 Å². The maximum Gasteiger partial charge on any atom is 0.293 e. The fourth-order valence-electron chi connectivity index (χ4n) is 3.55. The van der Waals surface area contributed by atoms with Crippen LogP contribution in [0, 0.1) is 5.82 Å². The molecule has 1 aliphatic heterocycles. The van der Waals surface area contributed by atoms with Gasteiger partial charge in [0.2, 0.25) is 11.6 Å². The first-order valence-corrected chi connectivity index (χ1v) is 13.7. The lowest BCUT2D eigenvalue weighted by Gasteiger charge is -2.09. The molecule has 2 aromatic carbocycles. The van der Waals surface area contributed by atoms with E-state index >= 15 is 0 Å². The van der Waals surface area contributed by atoms with E-state index in [0.717, 1.165) is 33.5 Å². The Morgan fingerprint density at radius 1 is 1.30 bits per heavy atom. The van der Waals surface area contributed by atoms with Crippen LogP contribution in [0.3, 0.4) is 0 Å². The predicted molar refractivity (Wildman–Crippen MR) is 148 cm³/mol. The van der Waals surface area contributed by atoms with Gasteiger partial charge in [0, 0.05) is 17.1 Å². The van der Waals surface area contributed by atoms with Gasteiger partial charge < -0.3 is 15.2 Å². The molecule has 13 nitrogen and oxygen atoms in total. The van der Waals surface area contributed by atoms with Crippen molar-refractivity contribution in [3.63, 3.8) is 0 Å². The van der Waals surface area contributed by atoms with E-state index in [2.05, 4.69) is 40.8 Å². The Morgan fingerprint density at radius 3 is 2.88 bits per heavy atom. The molecule has 5 rings (SSSR count). The highest BCUT2D eigenvalue weighted by atomic mass is 32.2. The number of amides is 1. The number of aliphatic imine (C=N–C) groups is 1. The Labute approximate surface area is 235 Å². The number of aromatic nitrogens is 5. The second-order valence-corrected chi connectivity index (χ2v) is 10.4. The third kappa shape index (κ3) is 6.40. The molecule has 0 fully saturated rings. The molecule has 2 aromatic heterocycles. The van der Waals surface area contributed by atoms with Gasteiger partial charge in [0.25, 0.3) is 5.91 Å². The summed E-state index contributed by atoms with van der Waals surface area (Å²) in [6, 6.07) is 11.0. The van der Waals surface area contributed by atoms with Gasteiger partial charge >= 0.3 is 0 Å². The van der Waals surface area contributed by atoms with Gasteiger partial charge in [-0.15, -0.1) is 5.10 Å². The second-order valence-electron chi connectivity index (χ2n) is 8.07. The average Bonchev–Trinajstić information content (AvgIpc) is 3.73. The van der Waals surface area contributed by atoms with Crippen LogP contribution in [0.2, 0.25) is 0 Å². The van der Waals surface area contributed by atoms with Crippen LogP contribution in [0.4, 0.5) is 10.2 Å². The maximum absolute atomic E-state index is 13.3. The third-order valence-corrected chi connectivity index (χ3v) is 7.76. The minimum Gasteiger partial charge on any atom is -0.496 e. The number of carbonyl (C=O) groups is 1. The molecule has 0 atom stereocenters. The van der Waals surface area contributed by atoms with Crippen molar-refractivity contribution in [2.75, 3.05) is 25.1 Å². The van der Waals surface area contributed by atoms with E-state index in [9.17, 15) is 9.18 Å². The van der Waals surface area contributed by atoms with E-state index in [1.54, 1.807) is 30.6 Å². The second kappa shape index (κ2) is 12.6. The topological polar surface area (TPSA) is 168 Å². The van der Waals surface area contributed by atoms with Gasteiger partial charge in [0.1, 0.15) is 34.0 Å². The van der Waals surface area contributed by atoms with Crippen molar-refractivity contribution < 1.29 is 23.3 Å². The predicted octanol–water partition coefficient (Wildman–Crippen LogP) is 3.06. The summed E-state index contributed by atoms with van der Waals surface area (Å²) < 4.78 is 31.4. The van der Waals surface area contributed by atoms with Crippen molar-refractivity contribution >= 4 is 45.8 Å². The minimum atomic E-state index is -0.657. The lowest BCUT2D eigenvalue weighted by Crippen LogP contribution is -2.21. The smallest absolute Gasteiger partial charge is 0.293 e. The Morgan fingerprint density at radius 2 is 2.15 bits per heavy atom. The molecule has 0 bridgehead atoms. The van der Waals surface area contributed by atoms with Gasteiger partial charge in [-0.05, 0) is 58.3 Å². The molecular formula is C24H22FN9O4S2. The SMILES string of the molecule is COc1ccc(C=NNC(=O)c2nnn(-c3nonc3N)c2COc2ccc(F)cc2)cc1CSC1=NCCS1. The third-order valence-electron chi connectivity index (χ3n) is 5.46. The lowest BCUT2D eigenvalue weighted by molar-refractivity contribution is 0.0947. The van der Waals surface area contributed by atoms with E-state index in [1.165, 1.54) is 35.2 Å². The molecule has 3 N–H and O–H groups in total. The Kier molecular flexibility index (Phi) is 8.56. The molecule has 0 saturated carbocycles. The Hall–Kier alpha value is -4.44. The minimum absolute atomic E-state index is 0.0263. The largest absolute Gasteiger partial charge is 0.496 e. The summed E-state index contributed by atoms with van der Waals surface area (Å²) in [6.45, 7) is 0.660. The zero-order valence-electron chi connectivity index (χ0n) is 21.0. The summed E-state index contributed by atoms with van der Waals surface area (Å²) >= 11 is 3.40. The van der Waals surface area contributed by atoms with Crippen LogP contribution in [-0.2, 0) is 12.4 Å². The molecule has 0 saturated heterocycles. The molecule has 206 valence electrons. The highest BCUT2D eigenvalue weighted by molar-refractivity contribution is 8.38. The number of rotatable bonds is 10. The maximum atomic E-state index is 13.3. The quantitative estimate of drug-likeness (QED) is 0.208. The van der Waals surface area contributed by atoms with Crippen LogP contribution < -0.4 is 20.6 Å². The van der Waals surface area contributed by atoms with Crippen molar-refractivity contribution in [3.8, 4) is 17.3 Å². The summed E-state index contributed by atoms with van der Waals surface area (Å²) in [5.41, 5.74) is 10.1. The molecule has 4 aromatic rings. The number of anilines is 1. The molecule has 1 aliphatic rings. The Balaban J connectivity index is 1.31. The molecule has 1 amide bonds. The number of nitrogen functional groups attached to an aromatic ring is 1. The number of nitrogens with one attached hydrogen (secondary N) is 1. The van der Waals surface area contributed by atoms with E-state index in [4.69, 9.17) is 15.2 Å². The fraction of sp³-hybridized carbons (Fsp3) is 0.208. The van der Waals surface area contributed by atoms with Gasteiger partial charge in [0.05, 0.1) is 19.9 Å². The van der Waals surface area contributed by atoms with E-state index in [1.807, 2.05) is 18.2 Å². The number of carbonyl (C=O) groups excluding carboxylic acids is 1. The summed E-state index contributed by atoms with van der Waals surface area (Å²) in [5.74, 6) is 1.69. The average molecular weight is 584 g/mol. The van der Waals surface area contributed by atoms with Crippen molar-refractivity contribution in [1.82, 2.24) is 30.7 Å². The van der Waals surface area contributed by atoms with Gasteiger partial charge in [-0.3, -0.25) is 9.79 Å². The number of thioether (sulfide) groups is 2. The first-order chi connectivity index (χ1) is 19.5. The normalized spacial score (nSPS) is 13.0. The number of hydrogen-bond donors (Lipinski definition) is 2. The Bertz CT molecular complexity index is 1560. The number of hydrogen-bond acceptors (Lipinski definition) is 13. The van der Waals surface area contributed by atoms with Crippen LogP contribution >= 0.6 is 23.5 Å². The number of halogens is 1. The number of hydrazone groups is 1. The highest BCUT2D eigenvalue weighted by Gasteiger charge is 2.24. The van der Waals surface area contributed by atoms with Gasteiger partial charge in [-0.25, -0.2) is 14.4 Å². The first kappa shape index (κ1) is 27.1. The van der Waals surface area contributed by atoms with Crippen molar-refractivity contribution in [2.24, 2.45) is 10.1 Å². The van der Waals surface area contributed by atoms with E-state index < -0.39 is 11.7 Å². The fourth-order valence-corrected chi connectivity index (χ4v) is 5.54. The zero-order chi connectivity index (χ0) is 27.9. The summed E-state index contributed by atoms with van der Waals surface area (Å²) in [4.78, 5) is 17.5. The lowest BCUT2D eigenvalue weighted by atomic mass is 10.1. The molecule has 16 heteroatoms. The van der Waals surface area contributed by atoms with E-state index in [0.29, 0.717) is 11.5 Å². The molecule has 0 radical (unpaired) electrons. The van der Waals surface area contributed by atoms with Crippen LogP contribution in [0.5, 0.6) is 11.5 Å². The molecule has 0 unspecified atom stereocenters. The summed E-state index contributed by atoms with van der Waals surface area (Å²) in [5, 5.41) is 19.2. The van der Waals surface area contributed by atoms with Crippen molar-refractivity contribution in [3.05, 3.63) is 70.8 Å². The monoisotopic (exact) mass is 583 g/mol.